The normalized spacial score (nSPS) is 26.9. The maximum atomic E-state index is 11.9. The molecule has 2 rings (SSSR count). The Bertz CT molecular complexity index is 431. The van der Waals surface area contributed by atoms with Crippen molar-refractivity contribution in [3.63, 3.8) is 0 Å². The molecule has 1 amide bonds. The Kier molecular flexibility index (Phi) is 4.13. The van der Waals surface area contributed by atoms with Gasteiger partial charge in [-0.25, -0.2) is 0 Å². The van der Waals surface area contributed by atoms with Crippen LogP contribution < -0.4 is 11.1 Å². The van der Waals surface area contributed by atoms with E-state index < -0.39 is 5.54 Å². The van der Waals surface area contributed by atoms with Crippen LogP contribution in [0, 0.1) is 12.8 Å². The van der Waals surface area contributed by atoms with Crippen molar-refractivity contribution in [3.8, 4) is 0 Å². The predicted octanol–water partition coefficient (Wildman–Crippen LogP) is 3.23. The fourth-order valence-corrected chi connectivity index (χ4v) is 2.92. The van der Waals surface area contributed by atoms with Gasteiger partial charge in [0.25, 0.3) is 0 Å². The lowest BCUT2D eigenvalue weighted by Crippen LogP contribution is -2.52. The van der Waals surface area contributed by atoms with Crippen molar-refractivity contribution in [3.05, 3.63) is 29.8 Å². The van der Waals surface area contributed by atoms with Crippen LogP contribution >= 0.6 is 0 Å². The van der Waals surface area contributed by atoms with E-state index in [0.29, 0.717) is 0 Å². The van der Waals surface area contributed by atoms with Crippen molar-refractivity contribution in [1.29, 1.82) is 0 Å². The molecule has 0 heterocycles. The molecule has 0 radical (unpaired) electrons. The first-order valence-electron chi connectivity index (χ1n) is 7.20. The number of amides is 1. The molecular formula is C16H24N2O. The SMILES string of the molecule is CCC1CCC(Nc2ccc(C)cc2)(C(N)=O)CC1. The first-order valence-corrected chi connectivity index (χ1v) is 7.20. The van der Waals surface area contributed by atoms with Gasteiger partial charge in [-0.15, -0.1) is 0 Å². The summed E-state index contributed by atoms with van der Waals surface area (Å²) in [4.78, 5) is 11.9. The third-order valence-electron chi connectivity index (χ3n) is 4.44. The molecule has 3 heteroatoms. The molecule has 1 aliphatic carbocycles. The molecule has 0 unspecified atom stereocenters. The van der Waals surface area contributed by atoms with Gasteiger partial charge in [-0.1, -0.05) is 31.0 Å². The zero-order chi connectivity index (χ0) is 13.9. The van der Waals surface area contributed by atoms with Crippen LogP contribution in [-0.4, -0.2) is 11.4 Å². The second-order valence-corrected chi connectivity index (χ2v) is 5.79. The van der Waals surface area contributed by atoms with Crippen molar-refractivity contribution in [2.45, 2.75) is 51.5 Å². The summed E-state index contributed by atoms with van der Waals surface area (Å²) >= 11 is 0. The summed E-state index contributed by atoms with van der Waals surface area (Å²) in [5.41, 5.74) is 7.31. The van der Waals surface area contributed by atoms with Gasteiger partial charge in [-0.05, 0) is 50.7 Å². The van der Waals surface area contributed by atoms with E-state index in [4.69, 9.17) is 5.73 Å². The monoisotopic (exact) mass is 260 g/mol. The lowest BCUT2D eigenvalue weighted by atomic mass is 9.75. The predicted molar refractivity (Wildman–Crippen MR) is 79.0 cm³/mol. The smallest absolute Gasteiger partial charge is 0.243 e. The van der Waals surface area contributed by atoms with Crippen LogP contribution in [0.5, 0.6) is 0 Å². The number of anilines is 1. The van der Waals surface area contributed by atoms with Crippen molar-refractivity contribution >= 4 is 11.6 Å². The van der Waals surface area contributed by atoms with Gasteiger partial charge in [0.05, 0.1) is 0 Å². The summed E-state index contributed by atoms with van der Waals surface area (Å²) in [7, 11) is 0. The third-order valence-corrected chi connectivity index (χ3v) is 4.44. The van der Waals surface area contributed by atoms with Gasteiger partial charge in [0.2, 0.25) is 5.91 Å². The van der Waals surface area contributed by atoms with Crippen LogP contribution in [0.2, 0.25) is 0 Å². The van der Waals surface area contributed by atoms with Gasteiger partial charge in [0.1, 0.15) is 5.54 Å². The van der Waals surface area contributed by atoms with Crippen LogP contribution in [0.4, 0.5) is 5.69 Å². The Balaban J connectivity index is 2.12. The molecule has 3 N–H and O–H groups in total. The quantitative estimate of drug-likeness (QED) is 0.873. The molecule has 0 aliphatic heterocycles. The Morgan fingerprint density at radius 1 is 1.32 bits per heavy atom. The van der Waals surface area contributed by atoms with E-state index >= 15 is 0 Å². The number of carbonyl (C=O) groups is 1. The summed E-state index contributed by atoms with van der Waals surface area (Å²) in [5, 5.41) is 3.39. The molecule has 0 saturated heterocycles. The average molecular weight is 260 g/mol. The Morgan fingerprint density at radius 2 is 1.89 bits per heavy atom. The molecule has 1 aliphatic rings. The summed E-state index contributed by atoms with van der Waals surface area (Å²) in [6.45, 7) is 4.27. The van der Waals surface area contributed by atoms with Gasteiger partial charge in [0.15, 0.2) is 0 Å². The van der Waals surface area contributed by atoms with E-state index in [1.807, 2.05) is 12.1 Å². The lowest BCUT2D eigenvalue weighted by molar-refractivity contribution is -0.123. The minimum absolute atomic E-state index is 0.220. The van der Waals surface area contributed by atoms with E-state index in [1.54, 1.807) is 0 Å². The minimum atomic E-state index is -0.555. The fraction of sp³-hybridized carbons (Fsp3) is 0.562. The highest BCUT2D eigenvalue weighted by atomic mass is 16.1. The largest absolute Gasteiger partial charge is 0.371 e. The molecule has 3 nitrogen and oxygen atoms in total. The Labute approximate surface area is 115 Å². The highest BCUT2D eigenvalue weighted by molar-refractivity contribution is 5.88. The number of nitrogens with two attached hydrogens (primary N) is 1. The van der Waals surface area contributed by atoms with E-state index in [1.165, 1.54) is 12.0 Å². The van der Waals surface area contributed by atoms with Crippen LogP contribution in [-0.2, 0) is 4.79 Å². The highest BCUT2D eigenvalue weighted by Gasteiger charge is 2.39. The van der Waals surface area contributed by atoms with Crippen molar-refractivity contribution < 1.29 is 4.79 Å². The molecule has 0 aromatic heterocycles. The number of rotatable bonds is 4. The Morgan fingerprint density at radius 3 is 2.37 bits per heavy atom. The van der Waals surface area contributed by atoms with Crippen LogP contribution in [0.1, 0.15) is 44.6 Å². The molecule has 104 valence electrons. The summed E-state index contributed by atoms with van der Waals surface area (Å²) < 4.78 is 0. The van der Waals surface area contributed by atoms with Crippen LogP contribution in [0.25, 0.3) is 0 Å². The molecule has 0 atom stereocenters. The summed E-state index contributed by atoms with van der Waals surface area (Å²) in [6, 6.07) is 8.14. The van der Waals surface area contributed by atoms with E-state index in [9.17, 15) is 4.79 Å². The van der Waals surface area contributed by atoms with Gasteiger partial charge in [-0.3, -0.25) is 4.79 Å². The second kappa shape index (κ2) is 5.64. The number of primary amides is 1. The van der Waals surface area contributed by atoms with E-state index in [0.717, 1.165) is 37.3 Å². The van der Waals surface area contributed by atoms with E-state index in [-0.39, 0.29) is 5.91 Å². The van der Waals surface area contributed by atoms with Crippen molar-refractivity contribution in [1.82, 2.24) is 0 Å². The zero-order valence-corrected chi connectivity index (χ0v) is 11.9. The molecule has 1 aromatic rings. The first kappa shape index (κ1) is 13.9. The summed E-state index contributed by atoms with van der Waals surface area (Å²) in [6.07, 6.45) is 5.04. The molecule has 1 aromatic carbocycles. The maximum Gasteiger partial charge on any atom is 0.243 e. The number of hydrogen-bond donors (Lipinski definition) is 2. The highest BCUT2D eigenvalue weighted by Crippen LogP contribution is 2.36. The number of aryl methyl sites for hydroxylation is 1. The van der Waals surface area contributed by atoms with Gasteiger partial charge >= 0.3 is 0 Å². The topological polar surface area (TPSA) is 55.1 Å². The van der Waals surface area contributed by atoms with Crippen molar-refractivity contribution in [2.24, 2.45) is 11.7 Å². The number of nitrogens with one attached hydrogen (secondary N) is 1. The summed E-state index contributed by atoms with van der Waals surface area (Å²) in [5.74, 6) is 0.523. The molecule has 19 heavy (non-hydrogen) atoms. The standard InChI is InChI=1S/C16H24N2O/c1-3-13-8-10-16(11-9-13,15(17)19)18-14-6-4-12(2)5-7-14/h4-7,13,18H,3,8-11H2,1-2H3,(H2,17,19). The van der Waals surface area contributed by atoms with Crippen LogP contribution in [0.15, 0.2) is 24.3 Å². The molecular weight excluding hydrogens is 236 g/mol. The molecule has 0 spiro atoms. The first-order chi connectivity index (χ1) is 9.05. The fourth-order valence-electron chi connectivity index (χ4n) is 2.92. The minimum Gasteiger partial charge on any atom is -0.371 e. The Hall–Kier alpha value is -1.51. The van der Waals surface area contributed by atoms with E-state index in [2.05, 4.69) is 31.3 Å². The molecule has 0 bridgehead atoms. The second-order valence-electron chi connectivity index (χ2n) is 5.79. The van der Waals surface area contributed by atoms with Crippen LogP contribution in [0.3, 0.4) is 0 Å². The van der Waals surface area contributed by atoms with Gasteiger partial charge in [-0.2, -0.15) is 0 Å². The number of hydrogen-bond acceptors (Lipinski definition) is 2. The number of benzene rings is 1. The lowest BCUT2D eigenvalue weighted by Gasteiger charge is -2.39. The molecule has 1 saturated carbocycles. The third kappa shape index (κ3) is 3.09. The van der Waals surface area contributed by atoms with Crippen molar-refractivity contribution in [2.75, 3.05) is 5.32 Å². The zero-order valence-electron chi connectivity index (χ0n) is 11.9. The average Bonchev–Trinajstić information content (AvgIpc) is 2.42. The van der Waals surface area contributed by atoms with Gasteiger partial charge < -0.3 is 11.1 Å². The number of carbonyl (C=O) groups excluding carboxylic acids is 1. The maximum absolute atomic E-state index is 11.9. The molecule has 1 fully saturated rings. The van der Waals surface area contributed by atoms with Gasteiger partial charge in [0, 0.05) is 5.69 Å².